The first kappa shape index (κ1) is 12.7. The Morgan fingerprint density at radius 2 is 2.08 bits per heavy atom. The van der Waals surface area contributed by atoms with Crippen molar-refractivity contribution < 1.29 is 9.90 Å². The minimum atomic E-state index is -0.739. The highest BCUT2D eigenvalue weighted by molar-refractivity contribution is 5.85. The van der Waals surface area contributed by atoms with Crippen LogP contribution in [0.2, 0.25) is 0 Å². The molecule has 1 rings (SSSR count). The molecule has 3 N–H and O–H groups in total. The van der Waals surface area contributed by atoms with Gasteiger partial charge in [-0.2, -0.15) is 0 Å². The maximum atomic E-state index is 11.0. The number of carboxylic acid groups (broad SMARTS) is 1. The first-order valence-electron chi connectivity index (χ1n) is 4.56. The van der Waals surface area contributed by atoms with Gasteiger partial charge in [-0.05, 0) is 19.8 Å². The smallest absolute Gasteiger partial charge is 0.310 e. The monoisotopic (exact) mass is 207 g/mol. The molecule has 0 aromatic rings. The summed E-state index contributed by atoms with van der Waals surface area (Å²) in [5, 5.41) is 9.01. The molecule has 0 aromatic carbocycles. The predicted octanol–water partition coefficient (Wildman–Crippen LogP) is 1.79. The van der Waals surface area contributed by atoms with E-state index in [-0.39, 0.29) is 18.4 Å². The lowest BCUT2D eigenvalue weighted by molar-refractivity contribution is -0.149. The van der Waals surface area contributed by atoms with Gasteiger partial charge in [0.15, 0.2) is 0 Å². The molecule has 0 heterocycles. The van der Waals surface area contributed by atoms with Gasteiger partial charge >= 0.3 is 5.97 Å². The van der Waals surface area contributed by atoms with Crippen molar-refractivity contribution in [3.8, 4) is 0 Å². The van der Waals surface area contributed by atoms with Gasteiger partial charge in [0.2, 0.25) is 0 Å². The topological polar surface area (TPSA) is 63.3 Å². The Morgan fingerprint density at radius 1 is 1.46 bits per heavy atom. The van der Waals surface area contributed by atoms with Crippen molar-refractivity contribution in [3.05, 3.63) is 0 Å². The van der Waals surface area contributed by atoms with Gasteiger partial charge < -0.3 is 10.8 Å². The minimum Gasteiger partial charge on any atom is -0.481 e. The van der Waals surface area contributed by atoms with E-state index in [0.717, 1.165) is 32.1 Å². The lowest BCUT2D eigenvalue weighted by Crippen LogP contribution is -2.44. The molecule has 2 atom stereocenters. The van der Waals surface area contributed by atoms with Crippen LogP contribution < -0.4 is 5.73 Å². The summed E-state index contributed by atoms with van der Waals surface area (Å²) < 4.78 is 0. The third-order valence-electron chi connectivity index (χ3n) is 3.02. The Balaban J connectivity index is 0.00000144. The number of carbonyl (C=O) groups is 1. The SMILES string of the molecule is C[C@]1(C(=O)O)CCCCC[C@H]1N.Cl. The second-order valence-corrected chi connectivity index (χ2v) is 3.93. The molecule has 3 nitrogen and oxygen atoms in total. The summed E-state index contributed by atoms with van der Waals surface area (Å²) in [6.07, 6.45) is 4.77. The van der Waals surface area contributed by atoms with Crippen LogP contribution >= 0.6 is 12.4 Å². The second-order valence-electron chi connectivity index (χ2n) is 3.93. The number of nitrogens with two attached hydrogens (primary N) is 1. The zero-order valence-electron chi connectivity index (χ0n) is 7.95. The van der Waals surface area contributed by atoms with Crippen molar-refractivity contribution in [1.82, 2.24) is 0 Å². The van der Waals surface area contributed by atoms with E-state index >= 15 is 0 Å². The van der Waals surface area contributed by atoms with Crippen LogP contribution in [0.25, 0.3) is 0 Å². The van der Waals surface area contributed by atoms with Crippen LogP contribution in [-0.4, -0.2) is 17.1 Å². The van der Waals surface area contributed by atoms with Crippen LogP contribution in [0, 0.1) is 5.41 Å². The molecule has 0 spiro atoms. The standard InChI is InChI=1S/C9H17NO2.ClH/c1-9(8(11)12)6-4-2-3-5-7(9)10;/h7H,2-6,10H2,1H3,(H,11,12);1H/t7-,9+;/m1./s1. The summed E-state index contributed by atoms with van der Waals surface area (Å²) in [5.41, 5.74) is 5.15. The Bertz CT molecular complexity index is 186. The summed E-state index contributed by atoms with van der Waals surface area (Å²) in [6.45, 7) is 1.77. The van der Waals surface area contributed by atoms with Crippen molar-refractivity contribution in [1.29, 1.82) is 0 Å². The molecule has 0 saturated heterocycles. The number of halogens is 1. The fourth-order valence-corrected chi connectivity index (χ4v) is 1.80. The van der Waals surface area contributed by atoms with E-state index in [0.29, 0.717) is 0 Å². The number of hydrogen-bond acceptors (Lipinski definition) is 2. The molecular formula is C9H18ClNO2. The highest BCUT2D eigenvalue weighted by Gasteiger charge is 2.39. The molecule has 0 unspecified atom stereocenters. The van der Waals surface area contributed by atoms with Gasteiger partial charge in [-0.25, -0.2) is 0 Å². The molecule has 0 radical (unpaired) electrons. The van der Waals surface area contributed by atoms with Gasteiger partial charge in [0.05, 0.1) is 5.41 Å². The van der Waals surface area contributed by atoms with Gasteiger partial charge in [-0.1, -0.05) is 19.3 Å². The van der Waals surface area contributed by atoms with Crippen molar-refractivity contribution in [2.24, 2.45) is 11.1 Å². The van der Waals surface area contributed by atoms with Gasteiger partial charge in [0.25, 0.3) is 0 Å². The second kappa shape index (κ2) is 4.82. The largest absolute Gasteiger partial charge is 0.481 e. The molecular weight excluding hydrogens is 190 g/mol. The molecule has 1 saturated carbocycles. The van der Waals surface area contributed by atoms with Crippen LogP contribution in [-0.2, 0) is 4.79 Å². The van der Waals surface area contributed by atoms with Crippen molar-refractivity contribution >= 4 is 18.4 Å². The van der Waals surface area contributed by atoms with Gasteiger partial charge in [0, 0.05) is 6.04 Å². The van der Waals surface area contributed by atoms with Crippen molar-refractivity contribution in [2.75, 3.05) is 0 Å². The summed E-state index contributed by atoms with van der Waals surface area (Å²) in [6, 6.07) is -0.169. The molecule has 1 aliphatic rings. The highest BCUT2D eigenvalue weighted by Crippen LogP contribution is 2.33. The van der Waals surface area contributed by atoms with E-state index in [1.165, 1.54) is 0 Å². The Morgan fingerprint density at radius 3 is 2.62 bits per heavy atom. The lowest BCUT2D eigenvalue weighted by atomic mass is 9.79. The van der Waals surface area contributed by atoms with Gasteiger partial charge in [-0.15, -0.1) is 12.4 Å². The van der Waals surface area contributed by atoms with E-state index in [4.69, 9.17) is 10.8 Å². The summed E-state index contributed by atoms with van der Waals surface area (Å²) >= 11 is 0. The summed E-state index contributed by atoms with van der Waals surface area (Å²) in [5.74, 6) is -0.739. The molecule has 1 aliphatic carbocycles. The molecule has 0 bridgehead atoms. The fourth-order valence-electron chi connectivity index (χ4n) is 1.80. The Kier molecular flexibility index (Phi) is 4.71. The molecule has 0 aliphatic heterocycles. The van der Waals surface area contributed by atoms with E-state index < -0.39 is 11.4 Å². The summed E-state index contributed by atoms with van der Waals surface area (Å²) in [7, 11) is 0. The normalized spacial score (nSPS) is 34.5. The van der Waals surface area contributed by atoms with E-state index in [1.807, 2.05) is 0 Å². The van der Waals surface area contributed by atoms with Crippen molar-refractivity contribution in [3.63, 3.8) is 0 Å². The summed E-state index contributed by atoms with van der Waals surface area (Å²) in [4.78, 5) is 11.0. The van der Waals surface area contributed by atoms with Gasteiger partial charge in [0.1, 0.15) is 0 Å². The molecule has 1 fully saturated rings. The average Bonchev–Trinajstić information content (AvgIpc) is 2.16. The third-order valence-corrected chi connectivity index (χ3v) is 3.02. The van der Waals surface area contributed by atoms with Gasteiger partial charge in [-0.3, -0.25) is 4.79 Å². The number of hydrogen-bond donors (Lipinski definition) is 2. The first-order valence-corrected chi connectivity index (χ1v) is 4.56. The van der Waals surface area contributed by atoms with Crippen LogP contribution in [0.3, 0.4) is 0 Å². The fraction of sp³-hybridized carbons (Fsp3) is 0.889. The molecule has 13 heavy (non-hydrogen) atoms. The molecule has 0 aromatic heterocycles. The first-order chi connectivity index (χ1) is 5.57. The lowest BCUT2D eigenvalue weighted by Gasteiger charge is -2.28. The average molecular weight is 208 g/mol. The number of rotatable bonds is 1. The van der Waals surface area contributed by atoms with E-state index in [9.17, 15) is 4.79 Å². The van der Waals surface area contributed by atoms with Crippen molar-refractivity contribution in [2.45, 2.75) is 45.1 Å². The van der Waals surface area contributed by atoms with Crippen LogP contribution in [0.15, 0.2) is 0 Å². The van der Waals surface area contributed by atoms with E-state index in [1.54, 1.807) is 6.92 Å². The van der Waals surface area contributed by atoms with Crippen LogP contribution in [0.4, 0.5) is 0 Å². The Hall–Kier alpha value is -0.280. The minimum absolute atomic E-state index is 0. The quantitative estimate of drug-likeness (QED) is 0.645. The number of aliphatic carboxylic acids is 1. The molecule has 78 valence electrons. The van der Waals surface area contributed by atoms with Crippen LogP contribution in [0.5, 0.6) is 0 Å². The number of carboxylic acids is 1. The zero-order valence-corrected chi connectivity index (χ0v) is 8.77. The zero-order chi connectivity index (χ0) is 9.19. The molecule has 4 heteroatoms. The third kappa shape index (κ3) is 2.58. The van der Waals surface area contributed by atoms with E-state index in [2.05, 4.69) is 0 Å². The molecule has 0 amide bonds. The predicted molar refractivity (Wildman–Crippen MR) is 54.1 cm³/mol. The maximum absolute atomic E-state index is 11.0. The maximum Gasteiger partial charge on any atom is 0.310 e. The highest BCUT2D eigenvalue weighted by atomic mass is 35.5. The van der Waals surface area contributed by atoms with Crippen LogP contribution in [0.1, 0.15) is 39.0 Å². The Labute approximate surface area is 85.1 Å².